The number of aliphatic hydroxyl groups is 1. The third-order valence-electron chi connectivity index (χ3n) is 4.84. The molecule has 1 aliphatic rings. The highest BCUT2D eigenvalue weighted by Crippen LogP contribution is 2.32. The fourth-order valence-corrected chi connectivity index (χ4v) is 3.63. The van der Waals surface area contributed by atoms with Crippen LogP contribution in [0.5, 0.6) is 0 Å². The molecule has 0 bridgehead atoms. The first-order valence-corrected chi connectivity index (χ1v) is 9.18. The fourth-order valence-electron chi connectivity index (χ4n) is 3.39. The van der Waals surface area contributed by atoms with Crippen LogP contribution in [-0.4, -0.2) is 35.0 Å². The Labute approximate surface area is 171 Å². The van der Waals surface area contributed by atoms with Crippen molar-refractivity contribution in [2.75, 3.05) is 11.4 Å². The quantitative estimate of drug-likeness (QED) is 0.640. The number of primary amides is 1. The molecule has 1 aliphatic heterocycles. The molecule has 1 saturated heterocycles. The average molecular weight is 420 g/mol. The molecule has 2 aromatic rings. The van der Waals surface area contributed by atoms with Crippen molar-refractivity contribution < 1.29 is 23.9 Å². The van der Waals surface area contributed by atoms with Crippen LogP contribution in [0, 0.1) is 12.7 Å². The first kappa shape index (κ1) is 20.8. The van der Waals surface area contributed by atoms with Crippen LogP contribution in [0.15, 0.2) is 36.4 Å². The molecule has 3 amide bonds. The van der Waals surface area contributed by atoms with Gasteiger partial charge >= 0.3 is 0 Å². The second-order valence-electron chi connectivity index (χ2n) is 6.86. The van der Waals surface area contributed by atoms with Gasteiger partial charge in [0, 0.05) is 24.5 Å². The van der Waals surface area contributed by atoms with Gasteiger partial charge in [0.1, 0.15) is 5.82 Å². The maximum Gasteiger partial charge on any atom is 0.268 e. The van der Waals surface area contributed by atoms with Crippen molar-refractivity contribution in [2.45, 2.75) is 25.5 Å². The minimum Gasteiger partial charge on any atom is -0.372 e. The van der Waals surface area contributed by atoms with Crippen molar-refractivity contribution in [1.29, 1.82) is 0 Å². The fraction of sp³-hybridized carbons (Fsp3) is 0.250. The van der Waals surface area contributed by atoms with E-state index in [0.717, 1.165) is 6.07 Å². The molecule has 0 radical (unpaired) electrons. The van der Waals surface area contributed by atoms with Crippen LogP contribution in [-0.2, 0) is 16.1 Å². The van der Waals surface area contributed by atoms with Gasteiger partial charge in [-0.2, -0.15) is 0 Å². The van der Waals surface area contributed by atoms with Gasteiger partial charge in [0.15, 0.2) is 0 Å². The maximum atomic E-state index is 13.4. The number of amides is 3. The Hall–Kier alpha value is -2.97. The predicted octanol–water partition coefficient (Wildman–Crippen LogP) is 1.67. The van der Waals surface area contributed by atoms with Gasteiger partial charge in [0.25, 0.3) is 17.7 Å². The lowest BCUT2D eigenvalue weighted by Crippen LogP contribution is -2.52. The van der Waals surface area contributed by atoms with E-state index >= 15 is 0 Å². The zero-order valence-corrected chi connectivity index (χ0v) is 16.3. The molecular weight excluding hydrogens is 401 g/mol. The Bertz CT molecular complexity index is 993. The van der Waals surface area contributed by atoms with Gasteiger partial charge in [-0.1, -0.05) is 23.7 Å². The number of carbonyl (C=O) groups is 3. The highest BCUT2D eigenvalue weighted by molar-refractivity contribution is 6.30. The Morgan fingerprint density at radius 3 is 2.72 bits per heavy atom. The predicted molar refractivity (Wildman–Crippen MR) is 105 cm³/mol. The highest BCUT2D eigenvalue weighted by Gasteiger charge is 2.52. The lowest BCUT2D eigenvalue weighted by Gasteiger charge is -2.23. The molecule has 1 fully saturated rings. The molecule has 2 aromatic carbocycles. The van der Waals surface area contributed by atoms with E-state index in [1.165, 1.54) is 23.1 Å². The summed E-state index contributed by atoms with van der Waals surface area (Å²) in [5.41, 5.74) is 4.47. The molecule has 7 nitrogen and oxygen atoms in total. The van der Waals surface area contributed by atoms with Crippen molar-refractivity contribution in [3.05, 3.63) is 63.9 Å². The van der Waals surface area contributed by atoms with E-state index < -0.39 is 29.1 Å². The zero-order valence-electron chi connectivity index (χ0n) is 15.5. The van der Waals surface area contributed by atoms with Crippen molar-refractivity contribution in [2.24, 2.45) is 5.73 Å². The number of benzene rings is 2. The summed E-state index contributed by atoms with van der Waals surface area (Å²) in [5, 5.41) is 13.3. The Morgan fingerprint density at radius 1 is 1.34 bits per heavy atom. The summed E-state index contributed by atoms with van der Waals surface area (Å²) in [7, 11) is 0. The Morgan fingerprint density at radius 2 is 2.07 bits per heavy atom. The molecular formula is C20H19ClFN3O4. The zero-order chi connectivity index (χ0) is 21.3. The van der Waals surface area contributed by atoms with E-state index in [0.29, 0.717) is 11.1 Å². The largest absolute Gasteiger partial charge is 0.372 e. The second-order valence-corrected chi connectivity index (χ2v) is 7.30. The number of halogens is 2. The van der Waals surface area contributed by atoms with E-state index in [1.54, 1.807) is 19.1 Å². The number of nitrogens with zero attached hydrogens (tertiary/aromatic N) is 1. The molecule has 3 rings (SSSR count). The molecule has 1 heterocycles. The van der Waals surface area contributed by atoms with Crippen molar-refractivity contribution in [1.82, 2.24) is 5.32 Å². The molecule has 0 aliphatic carbocycles. The molecule has 29 heavy (non-hydrogen) atoms. The lowest BCUT2D eigenvalue weighted by atomic mass is 10.0. The third kappa shape index (κ3) is 3.94. The Kier molecular flexibility index (Phi) is 5.59. The average Bonchev–Trinajstić information content (AvgIpc) is 2.94. The van der Waals surface area contributed by atoms with Crippen LogP contribution in [0.25, 0.3) is 0 Å². The number of hydrogen-bond donors (Lipinski definition) is 3. The minimum absolute atomic E-state index is 0.0261. The van der Waals surface area contributed by atoms with E-state index in [-0.39, 0.29) is 35.8 Å². The van der Waals surface area contributed by atoms with Gasteiger partial charge in [0.2, 0.25) is 5.60 Å². The summed E-state index contributed by atoms with van der Waals surface area (Å²) >= 11 is 5.78. The standard InChI is InChI=1S/C20H19ClFN3O4/c1-11-3-2-4-15(16(11)17(23)26)25-6-5-20(29,19(25)28)18(27)24-10-12-7-13(21)9-14(22)8-12/h2-4,7-9,29H,5-6,10H2,1H3,(H2,23,26)(H,24,27). The monoisotopic (exact) mass is 419 g/mol. The van der Waals surface area contributed by atoms with Crippen LogP contribution in [0.1, 0.15) is 27.9 Å². The van der Waals surface area contributed by atoms with E-state index in [2.05, 4.69) is 5.32 Å². The van der Waals surface area contributed by atoms with E-state index in [4.69, 9.17) is 17.3 Å². The number of carbonyl (C=O) groups excluding carboxylic acids is 3. The SMILES string of the molecule is Cc1cccc(N2CCC(O)(C(=O)NCc3cc(F)cc(Cl)c3)C2=O)c1C(N)=O. The second kappa shape index (κ2) is 7.81. The topological polar surface area (TPSA) is 113 Å². The molecule has 0 aromatic heterocycles. The normalized spacial score (nSPS) is 18.8. The molecule has 0 spiro atoms. The number of anilines is 1. The Balaban J connectivity index is 1.80. The van der Waals surface area contributed by atoms with Crippen molar-refractivity contribution in [3.63, 3.8) is 0 Å². The van der Waals surface area contributed by atoms with Gasteiger partial charge in [0.05, 0.1) is 11.3 Å². The number of rotatable bonds is 5. The molecule has 4 N–H and O–H groups in total. The first-order valence-electron chi connectivity index (χ1n) is 8.80. The highest BCUT2D eigenvalue weighted by atomic mass is 35.5. The number of hydrogen-bond acceptors (Lipinski definition) is 4. The van der Waals surface area contributed by atoms with Crippen LogP contribution >= 0.6 is 11.6 Å². The van der Waals surface area contributed by atoms with Crippen LogP contribution in [0.3, 0.4) is 0 Å². The van der Waals surface area contributed by atoms with Gasteiger partial charge in [-0.25, -0.2) is 4.39 Å². The summed E-state index contributed by atoms with van der Waals surface area (Å²) < 4.78 is 13.4. The number of aryl methyl sites for hydroxylation is 1. The van der Waals surface area contributed by atoms with Gasteiger partial charge < -0.3 is 21.1 Å². The number of nitrogens with one attached hydrogen (secondary N) is 1. The first-order chi connectivity index (χ1) is 13.6. The number of nitrogens with two attached hydrogens (primary N) is 1. The summed E-state index contributed by atoms with van der Waals surface area (Å²) in [6, 6.07) is 8.62. The molecule has 1 atom stereocenters. The van der Waals surface area contributed by atoms with Crippen LogP contribution in [0.2, 0.25) is 5.02 Å². The summed E-state index contributed by atoms with van der Waals surface area (Å²) in [6.07, 6.45) is -0.173. The maximum absolute atomic E-state index is 13.4. The molecule has 0 saturated carbocycles. The van der Waals surface area contributed by atoms with Crippen LogP contribution in [0.4, 0.5) is 10.1 Å². The lowest BCUT2D eigenvalue weighted by molar-refractivity contribution is -0.149. The molecule has 9 heteroatoms. The van der Waals surface area contributed by atoms with Crippen LogP contribution < -0.4 is 16.0 Å². The van der Waals surface area contributed by atoms with E-state index in [1.807, 2.05) is 0 Å². The minimum atomic E-state index is -2.31. The molecule has 1 unspecified atom stereocenters. The summed E-state index contributed by atoms with van der Waals surface area (Å²) in [6.45, 7) is 1.58. The van der Waals surface area contributed by atoms with Gasteiger partial charge in [-0.3, -0.25) is 14.4 Å². The summed E-state index contributed by atoms with van der Waals surface area (Å²) in [5.74, 6) is -3.06. The smallest absolute Gasteiger partial charge is 0.268 e. The van der Waals surface area contributed by atoms with Crippen molar-refractivity contribution in [3.8, 4) is 0 Å². The van der Waals surface area contributed by atoms with E-state index in [9.17, 15) is 23.9 Å². The molecule has 152 valence electrons. The summed E-state index contributed by atoms with van der Waals surface area (Å²) in [4.78, 5) is 38.4. The third-order valence-corrected chi connectivity index (χ3v) is 5.05. The van der Waals surface area contributed by atoms with Gasteiger partial charge in [-0.15, -0.1) is 0 Å². The van der Waals surface area contributed by atoms with Gasteiger partial charge in [-0.05, 0) is 42.3 Å². The van der Waals surface area contributed by atoms with Crippen molar-refractivity contribution >= 4 is 35.0 Å².